The molecule has 0 bridgehead atoms. The van der Waals surface area contributed by atoms with Crippen LogP contribution >= 0.6 is 11.3 Å². The first-order valence-corrected chi connectivity index (χ1v) is 8.03. The second kappa shape index (κ2) is 5.42. The second-order valence-electron chi connectivity index (χ2n) is 5.23. The van der Waals surface area contributed by atoms with Crippen molar-refractivity contribution in [2.75, 3.05) is 6.54 Å². The molecule has 22 heavy (non-hydrogen) atoms. The van der Waals surface area contributed by atoms with Crippen molar-refractivity contribution in [3.05, 3.63) is 58.6 Å². The van der Waals surface area contributed by atoms with E-state index in [0.29, 0.717) is 19.6 Å². The highest BCUT2D eigenvalue weighted by atomic mass is 32.1. The predicted molar refractivity (Wildman–Crippen MR) is 82.6 cm³/mol. The smallest absolute Gasteiger partial charge is 0.264 e. The fraction of sp³-hybridized carbons (Fsp3) is 0.267. The highest BCUT2D eigenvalue weighted by Gasteiger charge is 2.24. The molecule has 0 radical (unpaired) electrons. The Morgan fingerprint density at radius 2 is 2.27 bits per heavy atom. The van der Waals surface area contributed by atoms with Crippen molar-refractivity contribution in [2.24, 2.45) is 0 Å². The Bertz CT molecular complexity index is 775. The number of carbonyl (C=O) groups is 1. The zero-order valence-electron chi connectivity index (χ0n) is 11.9. The molecule has 1 amide bonds. The summed E-state index contributed by atoms with van der Waals surface area (Å²) in [6.45, 7) is 2.77. The van der Waals surface area contributed by atoms with Crippen LogP contribution in [0.4, 0.5) is 0 Å². The maximum absolute atomic E-state index is 12.4. The first-order chi connectivity index (χ1) is 10.8. The molecular formula is C15H15N5OS. The molecule has 4 rings (SSSR count). The largest absolute Gasteiger partial charge is 0.329 e. The lowest BCUT2D eigenvalue weighted by Gasteiger charge is -2.28. The van der Waals surface area contributed by atoms with Crippen molar-refractivity contribution in [2.45, 2.75) is 19.6 Å². The van der Waals surface area contributed by atoms with E-state index in [1.54, 1.807) is 6.20 Å². The van der Waals surface area contributed by atoms with Crippen LogP contribution in [-0.2, 0) is 19.6 Å². The third kappa shape index (κ3) is 2.33. The summed E-state index contributed by atoms with van der Waals surface area (Å²) in [6, 6.07) is 5.69. The topological polar surface area (TPSA) is 56.0 Å². The number of imidazole rings is 1. The number of amides is 1. The number of nitrogens with zero attached hydrogens (tertiary/aromatic N) is 5. The molecule has 4 heterocycles. The minimum absolute atomic E-state index is 0.0953. The lowest BCUT2D eigenvalue weighted by atomic mass is 10.3. The minimum atomic E-state index is 0.0953. The van der Waals surface area contributed by atoms with E-state index < -0.39 is 0 Å². The number of carbonyl (C=O) groups excluding carboxylic acids is 1. The highest BCUT2D eigenvalue weighted by Crippen LogP contribution is 2.19. The van der Waals surface area contributed by atoms with E-state index in [0.717, 1.165) is 22.9 Å². The van der Waals surface area contributed by atoms with Gasteiger partial charge in [-0.25, -0.2) is 4.98 Å². The van der Waals surface area contributed by atoms with Gasteiger partial charge >= 0.3 is 0 Å². The van der Waals surface area contributed by atoms with Crippen LogP contribution in [0.3, 0.4) is 0 Å². The standard InChI is InChI=1S/C15H15N5OS/c21-15(13-3-1-8-22-13)18-6-7-20-12(9-16-14(20)11-18)10-19-5-2-4-17-19/h1-5,8-9H,6-7,10-11H2. The van der Waals surface area contributed by atoms with Gasteiger partial charge in [0.2, 0.25) is 0 Å². The summed E-state index contributed by atoms with van der Waals surface area (Å²) in [4.78, 5) is 19.6. The van der Waals surface area contributed by atoms with Crippen molar-refractivity contribution < 1.29 is 4.79 Å². The van der Waals surface area contributed by atoms with Crippen molar-refractivity contribution in [3.63, 3.8) is 0 Å². The molecule has 0 saturated heterocycles. The molecule has 1 aliphatic rings. The summed E-state index contributed by atoms with van der Waals surface area (Å²) in [7, 11) is 0. The molecule has 0 unspecified atom stereocenters. The van der Waals surface area contributed by atoms with E-state index in [2.05, 4.69) is 14.6 Å². The highest BCUT2D eigenvalue weighted by molar-refractivity contribution is 7.12. The van der Waals surface area contributed by atoms with Gasteiger partial charge < -0.3 is 9.47 Å². The van der Waals surface area contributed by atoms with Crippen LogP contribution in [0, 0.1) is 0 Å². The van der Waals surface area contributed by atoms with E-state index >= 15 is 0 Å². The molecule has 112 valence electrons. The zero-order chi connectivity index (χ0) is 14.9. The average molecular weight is 313 g/mol. The Balaban J connectivity index is 1.53. The molecule has 0 atom stereocenters. The van der Waals surface area contributed by atoms with Gasteiger partial charge in [0.15, 0.2) is 0 Å². The van der Waals surface area contributed by atoms with Crippen LogP contribution in [0.1, 0.15) is 21.2 Å². The molecule has 0 saturated carbocycles. The van der Waals surface area contributed by atoms with E-state index in [4.69, 9.17) is 0 Å². The molecule has 3 aromatic rings. The molecular weight excluding hydrogens is 298 g/mol. The van der Waals surface area contributed by atoms with Crippen LogP contribution in [0.5, 0.6) is 0 Å². The van der Waals surface area contributed by atoms with Crippen molar-refractivity contribution in [1.82, 2.24) is 24.2 Å². The Hall–Kier alpha value is -2.41. The van der Waals surface area contributed by atoms with Gasteiger partial charge in [0, 0.05) is 25.5 Å². The molecule has 6 nitrogen and oxygen atoms in total. The summed E-state index contributed by atoms with van der Waals surface area (Å²) < 4.78 is 4.08. The Morgan fingerprint density at radius 3 is 3.05 bits per heavy atom. The van der Waals surface area contributed by atoms with Gasteiger partial charge in [0.1, 0.15) is 5.82 Å². The SMILES string of the molecule is O=C(c1cccs1)N1CCn2c(Cn3cccn3)cnc2C1. The predicted octanol–water partition coefficient (Wildman–Crippen LogP) is 1.85. The Morgan fingerprint density at radius 1 is 1.32 bits per heavy atom. The van der Waals surface area contributed by atoms with Gasteiger partial charge in [-0.2, -0.15) is 5.10 Å². The number of aromatic nitrogens is 4. The minimum Gasteiger partial charge on any atom is -0.329 e. The molecule has 0 N–H and O–H groups in total. The van der Waals surface area contributed by atoms with Gasteiger partial charge in [-0.15, -0.1) is 11.3 Å². The maximum Gasteiger partial charge on any atom is 0.264 e. The van der Waals surface area contributed by atoms with E-state index in [9.17, 15) is 4.79 Å². The lowest BCUT2D eigenvalue weighted by molar-refractivity contribution is 0.0711. The van der Waals surface area contributed by atoms with Crippen LogP contribution in [0.2, 0.25) is 0 Å². The molecule has 0 spiro atoms. The number of rotatable bonds is 3. The quantitative estimate of drug-likeness (QED) is 0.741. The third-order valence-corrected chi connectivity index (χ3v) is 4.71. The normalized spacial score (nSPS) is 14.1. The third-order valence-electron chi connectivity index (χ3n) is 3.85. The van der Waals surface area contributed by atoms with Gasteiger partial charge in [0.05, 0.1) is 29.9 Å². The van der Waals surface area contributed by atoms with E-state index in [1.165, 1.54) is 11.3 Å². The van der Waals surface area contributed by atoms with Crippen LogP contribution in [0.25, 0.3) is 0 Å². The van der Waals surface area contributed by atoms with Gasteiger partial charge in [-0.3, -0.25) is 9.48 Å². The van der Waals surface area contributed by atoms with Gasteiger partial charge in [0.25, 0.3) is 5.91 Å². The van der Waals surface area contributed by atoms with Crippen LogP contribution in [-0.4, -0.2) is 36.7 Å². The molecule has 0 fully saturated rings. The number of thiophene rings is 1. The fourth-order valence-electron chi connectivity index (χ4n) is 2.74. The van der Waals surface area contributed by atoms with Crippen molar-refractivity contribution in [1.29, 1.82) is 0 Å². The zero-order valence-corrected chi connectivity index (χ0v) is 12.7. The average Bonchev–Trinajstić information content (AvgIpc) is 3.29. The summed E-state index contributed by atoms with van der Waals surface area (Å²) in [5, 5.41) is 6.16. The van der Waals surface area contributed by atoms with Crippen molar-refractivity contribution >= 4 is 17.2 Å². The fourth-order valence-corrected chi connectivity index (χ4v) is 3.43. The monoisotopic (exact) mass is 313 g/mol. The first kappa shape index (κ1) is 13.3. The van der Waals surface area contributed by atoms with Crippen LogP contribution in [0.15, 0.2) is 42.2 Å². The lowest BCUT2D eigenvalue weighted by Crippen LogP contribution is -2.38. The van der Waals surface area contributed by atoms with Crippen LogP contribution < -0.4 is 0 Å². The molecule has 1 aliphatic heterocycles. The van der Waals surface area contributed by atoms with E-state index in [1.807, 2.05) is 45.6 Å². The second-order valence-corrected chi connectivity index (χ2v) is 6.17. The molecule has 0 aliphatic carbocycles. The number of hydrogen-bond acceptors (Lipinski definition) is 4. The Kier molecular flexibility index (Phi) is 3.27. The van der Waals surface area contributed by atoms with E-state index in [-0.39, 0.29) is 5.91 Å². The first-order valence-electron chi connectivity index (χ1n) is 7.15. The Labute approximate surface area is 131 Å². The maximum atomic E-state index is 12.4. The summed E-state index contributed by atoms with van der Waals surface area (Å²) in [5.74, 6) is 1.04. The van der Waals surface area contributed by atoms with Gasteiger partial charge in [-0.05, 0) is 17.5 Å². The number of hydrogen-bond donors (Lipinski definition) is 0. The number of fused-ring (bicyclic) bond motifs is 1. The van der Waals surface area contributed by atoms with Gasteiger partial charge in [-0.1, -0.05) is 6.07 Å². The summed E-state index contributed by atoms with van der Waals surface area (Å²) >= 11 is 1.48. The summed E-state index contributed by atoms with van der Waals surface area (Å²) in [5.41, 5.74) is 1.13. The molecule has 3 aromatic heterocycles. The molecule has 7 heteroatoms. The molecule has 0 aromatic carbocycles. The summed E-state index contributed by atoms with van der Waals surface area (Å²) in [6.07, 6.45) is 5.60. The van der Waals surface area contributed by atoms with Crippen molar-refractivity contribution in [3.8, 4) is 0 Å².